The number of nitrogens with one attached hydrogen (secondary N) is 2. The van der Waals surface area contributed by atoms with E-state index in [2.05, 4.69) is 28.9 Å². The standard InChI is InChI=1S/C22H20N4O2/c1-4-15(2)21(27)23-18-12-10-16(11-13-18)19-14-20(26(3)25-19)24-22(28)17-8-6-5-7-9-17/h4-14H,1-2H2,3H3,(H,23,27)(H,24,28). The molecule has 0 unspecified atom stereocenters. The van der Waals surface area contributed by atoms with Gasteiger partial charge in [-0.3, -0.25) is 14.3 Å². The van der Waals surface area contributed by atoms with Crippen LogP contribution in [0.5, 0.6) is 0 Å². The first kappa shape index (κ1) is 18.8. The monoisotopic (exact) mass is 372 g/mol. The fraction of sp³-hybridized carbons (Fsp3) is 0.0455. The normalized spacial score (nSPS) is 10.2. The Bertz CT molecular complexity index is 1030. The first-order valence-corrected chi connectivity index (χ1v) is 8.61. The van der Waals surface area contributed by atoms with Gasteiger partial charge in [0.15, 0.2) is 0 Å². The molecule has 1 heterocycles. The van der Waals surface area contributed by atoms with E-state index in [1.807, 2.05) is 30.3 Å². The van der Waals surface area contributed by atoms with Gasteiger partial charge in [0, 0.05) is 35.5 Å². The Morgan fingerprint density at radius 1 is 1.04 bits per heavy atom. The average molecular weight is 372 g/mol. The molecule has 140 valence electrons. The molecular formula is C22H20N4O2. The number of nitrogens with zero attached hydrogens (tertiary/aromatic N) is 2. The fourth-order valence-electron chi connectivity index (χ4n) is 2.53. The third-order valence-corrected chi connectivity index (χ3v) is 4.13. The highest BCUT2D eigenvalue weighted by atomic mass is 16.2. The minimum Gasteiger partial charge on any atom is -0.322 e. The van der Waals surface area contributed by atoms with E-state index in [9.17, 15) is 9.59 Å². The van der Waals surface area contributed by atoms with Crippen LogP contribution in [0.4, 0.5) is 11.5 Å². The summed E-state index contributed by atoms with van der Waals surface area (Å²) in [6, 6.07) is 18.0. The molecule has 0 saturated carbocycles. The number of amides is 2. The Kier molecular flexibility index (Phi) is 5.50. The lowest BCUT2D eigenvalue weighted by atomic mass is 10.1. The smallest absolute Gasteiger partial charge is 0.256 e. The van der Waals surface area contributed by atoms with Crippen molar-refractivity contribution < 1.29 is 9.59 Å². The first-order valence-electron chi connectivity index (χ1n) is 8.61. The molecule has 0 spiro atoms. The highest BCUT2D eigenvalue weighted by molar-refractivity contribution is 6.05. The molecular weight excluding hydrogens is 352 g/mol. The Hall–Kier alpha value is -3.93. The highest BCUT2D eigenvalue weighted by Gasteiger charge is 2.12. The van der Waals surface area contributed by atoms with Crippen LogP contribution in [0.15, 0.2) is 85.5 Å². The number of anilines is 2. The molecule has 2 amide bonds. The van der Waals surface area contributed by atoms with Gasteiger partial charge in [-0.15, -0.1) is 0 Å². The first-order chi connectivity index (χ1) is 13.5. The van der Waals surface area contributed by atoms with Crippen molar-refractivity contribution in [3.63, 3.8) is 0 Å². The largest absolute Gasteiger partial charge is 0.322 e. The van der Waals surface area contributed by atoms with E-state index in [1.165, 1.54) is 6.08 Å². The highest BCUT2D eigenvalue weighted by Crippen LogP contribution is 2.23. The summed E-state index contributed by atoms with van der Waals surface area (Å²) in [5.41, 5.74) is 3.08. The van der Waals surface area contributed by atoms with E-state index in [0.717, 1.165) is 5.56 Å². The third-order valence-electron chi connectivity index (χ3n) is 4.13. The predicted octanol–water partition coefficient (Wildman–Crippen LogP) is 4.02. The zero-order valence-electron chi connectivity index (χ0n) is 15.5. The molecule has 0 aliphatic carbocycles. The van der Waals surface area contributed by atoms with Gasteiger partial charge in [-0.25, -0.2) is 0 Å². The van der Waals surface area contributed by atoms with Gasteiger partial charge in [-0.05, 0) is 24.3 Å². The molecule has 0 aliphatic heterocycles. The van der Waals surface area contributed by atoms with Crippen LogP contribution in [0.2, 0.25) is 0 Å². The average Bonchev–Trinajstić information content (AvgIpc) is 3.08. The molecule has 6 heteroatoms. The molecule has 2 aromatic carbocycles. The van der Waals surface area contributed by atoms with Crippen molar-refractivity contribution in [3.8, 4) is 11.3 Å². The number of carbonyl (C=O) groups is 2. The Morgan fingerprint density at radius 2 is 1.71 bits per heavy atom. The van der Waals surface area contributed by atoms with E-state index in [-0.39, 0.29) is 11.8 Å². The van der Waals surface area contributed by atoms with Gasteiger partial charge < -0.3 is 10.6 Å². The molecule has 0 aliphatic rings. The van der Waals surface area contributed by atoms with E-state index in [1.54, 1.807) is 42.1 Å². The molecule has 3 aromatic rings. The zero-order valence-corrected chi connectivity index (χ0v) is 15.5. The van der Waals surface area contributed by atoms with E-state index >= 15 is 0 Å². The van der Waals surface area contributed by atoms with Crippen LogP contribution in [0.3, 0.4) is 0 Å². The van der Waals surface area contributed by atoms with Crippen LogP contribution in [0.25, 0.3) is 11.3 Å². The maximum atomic E-state index is 12.3. The zero-order chi connectivity index (χ0) is 20.1. The lowest BCUT2D eigenvalue weighted by Crippen LogP contribution is -2.14. The SMILES string of the molecule is C=CC(=C)C(=O)Nc1ccc(-c2cc(NC(=O)c3ccccc3)n(C)n2)cc1. The van der Waals surface area contributed by atoms with Crippen LogP contribution in [-0.4, -0.2) is 21.6 Å². The van der Waals surface area contributed by atoms with Gasteiger partial charge >= 0.3 is 0 Å². The second-order valence-electron chi connectivity index (χ2n) is 6.12. The Labute approximate surface area is 163 Å². The number of rotatable bonds is 6. The molecule has 3 rings (SSSR count). The summed E-state index contributed by atoms with van der Waals surface area (Å²) in [5, 5.41) is 10.0. The van der Waals surface area contributed by atoms with E-state index < -0.39 is 0 Å². The van der Waals surface area contributed by atoms with Gasteiger partial charge in [0.05, 0.1) is 5.69 Å². The molecule has 0 radical (unpaired) electrons. The summed E-state index contributed by atoms with van der Waals surface area (Å²) >= 11 is 0. The molecule has 28 heavy (non-hydrogen) atoms. The summed E-state index contributed by atoms with van der Waals surface area (Å²) in [4.78, 5) is 24.2. The summed E-state index contributed by atoms with van der Waals surface area (Å²) in [6.07, 6.45) is 1.41. The molecule has 1 aromatic heterocycles. The van der Waals surface area contributed by atoms with Crippen LogP contribution in [0, 0.1) is 0 Å². The van der Waals surface area contributed by atoms with Crippen LogP contribution < -0.4 is 10.6 Å². The molecule has 2 N–H and O–H groups in total. The summed E-state index contributed by atoms with van der Waals surface area (Å²) in [5.74, 6) is 0.0886. The topological polar surface area (TPSA) is 76.0 Å². The van der Waals surface area contributed by atoms with Crippen LogP contribution in [0.1, 0.15) is 10.4 Å². The van der Waals surface area contributed by atoms with Crippen molar-refractivity contribution >= 4 is 23.3 Å². The van der Waals surface area contributed by atoms with Crippen molar-refractivity contribution in [3.05, 3.63) is 91.0 Å². The number of aryl methyl sites for hydroxylation is 1. The van der Waals surface area contributed by atoms with Gasteiger partial charge in [0.25, 0.3) is 11.8 Å². The van der Waals surface area contributed by atoms with E-state index in [0.29, 0.717) is 28.3 Å². The maximum absolute atomic E-state index is 12.3. The Morgan fingerprint density at radius 3 is 2.36 bits per heavy atom. The van der Waals surface area contributed by atoms with Crippen molar-refractivity contribution in [2.24, 2.45) is 7.05 Å². The van der Waals surface area contributed by atoms with Crippen LogP contribution in [-0.2, 0) is 11.8 Å². The molecule has 0 fully saturated rings. The van der Waals surface area contributed by atoms with Crippen molar-refractivity contribution in [1.29, 1.82) is 0 Å². The second-order valence-corrected chi connectivity index (χ2v) is 6.12. The minimum absolute atomic E-state index is 0.198. The predicted molar refractivity (Wildman–Crippen MR) is 111 cm³/mol. The molecule has 0 atom stereocenters. The maximum Gasteiger partial charge on any atom is 0.256 e. The van der Waals surface area contributed by atoms with Gasteiger partial charge in [-0.2, -0.15) is 5.10 Å². The summed E-state index contributed by atoms with van der Waals surface area (Å²) in [6.45, 7) is 7.14. The fourth-order valence-corrected chi connectivity index (χ4v) is 2.53. The van der Waals surface area contributed by atoms with Crippen molar-refractivity contribution in [2.75, 3.05) is 10.6 Å². The van der Waals surface area contributed by atoms with E-state index in [4.69, 9.17) is 0 Å². The van der Waals surface area contributed by atoms with Crippen molar-refractivity contribution in [1.82, 2.24) is 9.78 Å². The lowest BCUT2D eigenvalue weighted by molar-refractivity contribution is -0.112. The van der Waals surface area contributed by atoms with Gasteiger partial charge in [0.2, 0.25) is 0 Å². The molecule has 0 saturated heterocycles. The van der Waals surface area contributed by atoms with Crippen molar-refractivity contribution in [2.45, 2.75) is 0 Å². The molecule has 6 nitrogen and oxygen atoms in total. The lowest BCUT2D eigenvalue weighted by Gasteiger charge is -2.05. The minimum atomic E-state index is -0.300. The third kappa shape index (κ3) is 4.24. The number of hydrogen-bond donors (Lipinski definition) is 2. The second kappa shape index (κ2) is 8.18. The van der Waals surface area contributed by atoms with Gasteiger partial charge in [0.1, 0.15) is 5.82 Å². The number of benzene rings is 2. The summed E-state index contributed by atoms with van der Waals surface area (Å²) in [7, 11) is 1.76. The Balaban J connectivity index is 1.73. The van der Waals surface area contributed by atoms with Gasteiger partial charge in [-0.1, -0.05) is 49.6 Å². The number of aromatic nitrogens is 2. The summed E-state index contributed by atoms with van der Waals surface area (Å²) < 4.78 is 1.61. The quantitative estimate of drug-likeness (QED) is 0.507. The number of carbonyl (C=O) groups excluding carboxylic acids is 2. The number of hydrogen-bond acceptors (Lipinski definition) is 3. The van der Waals surface area contributed by atoms with Crippen LogP contribution >= 0.6 is 0 Å². The molecule has 0 bridgehead atoms.